The number of rotatable bonds is 6. The molecule has 0 radical (unpaired) electrons. The van der Waals surface area contributed by atoms with E-state index < -0.39 is 63.1 Å². The van der Waals surface area contributed by atoms with E-state index in [0.29, 0.717) is 0 Å². The van der Waals surface area contributed by atoms with Crippen molar-refractivity contribution in [2.75, 3.05) is 0 Å². The lowest BCUT2D eigenvalue weighted by Crippen LogP contribution is -2.50. The summed E-state index contributed by atoms with van der Waals surface area (Å²) in [7, 11) is 0. The Morgan fingerprint density at radius 3 is 1.76 bits per heavy atom. The number of hydrogen-bond acceptors (Lipinski definition) is 3. The van der Waals surface area contributed by atoms with E-state index in [1.165, 1.54) is 6.07 Å². The van der Waals surface area contributed by atoms with Gasteiger partial charge < -0.3 is 10.5 Å². The van der Waals surface area contributed by atoms with Gasteiger partial charge in [-0.25, -0.2) is 9.18 Å². The standard InChI is InChI=1S/C19H9Cl3F7NO3/c20-10-2-1-7(3-9(10)16(32)33)13(30)6-14(31)15-11(21)4-8(5-12(15)22)17(23,18(24,25)26)19(27,28)29/h1-5,30H,6H2,(H,32,33). The van der Waals surface area contributed by atoms with Crippen molar-refractivity contribution in [3.8, 4) is 0 Å². The fourth-order valence-electron chi connectivity index (χ4n) is 2.75. The maximum Gasteiger partial charge on any atom is 0.435 e. The van der Waals surface area contributed by atoms with E-state index in [2.05, 4.69) is 0 Å². The minimum absolute atomic E-state index is 0.0178. The largest absolute Gasteiger partial charge is 0.478 e. The highest BCUT2D eigenvalue weighted by atomic mass is 35.5. The second-order valence-corrected chi connectivity index (χ2v) is 7.77. The molecule has 0 bridgehead atoms. The predicted molar refractivity (Wildman–Crippen MR) is 106 cm³/mol. The maximum absolute atomic E-state index is 14.3. The van der Waals surface area contributed by atoms with Crippen molar-refractivity contribution in [2.45, 2.75) is 24.4 Å². The first-order valence-electron chi connectivity index (χ1n) is 8.37. The summed E-state index contributed by atoms with van der Waals surface area (Å²) >= 11 is 17.1. The quantitative estimate of drug-likeness (QED) is 0.231. The summed E-state index contributed by atoms with van der Waals surface area (Å²) in [6.07, 6.45) is -13.7. The Morgan fingerprint density at radius 2 is 1.33 bits per heavy atom. The lowest BCUT2D eigenvalue weighted by atomic mass is 9.91. The third kappa shape index (κ3) is 5.10. The van der Waals surface area contributed by atoms with Crippen LogP contribution in [-0.2, 0) is 5.67 Å². The van der Waals surface area contributed by atoms with Gasteiger partial charge in [0.2, 0.25) is 0 Å². The second-order valence-electron chi connectivity index (χ2n) is 6.55. The summed E-state index contributed by atoms with van der Waals surface area (Å²) < 4.78 is 92.0. The zero-order valence-electron chi connectivity index (χ0n) is 15.6. The Morgan fingerprint density at radius 1 is 0.848 bits per heavy atom. The van der Waals surface area contributed by atoms with Gasteiger partial charge in [-0.1, -0.05) is 40.9 Å². The Labute approximate surface area is 195 Å². The molecule has 0 aliphatic rings. The summed E-state index contributed by atoms with van der Waals surface area (Å²) in [5, 5.41) is 14.9. The van der Waals surface area contributed by atoms with E-state index in [4.69, 9.17) is 45.3 Å². The van der Waals surface area contributed by atoms with E-state index in [1.54, 1.807) is 0 Å². The minimum Gasteiger partial charge on any atom is -0.478 e. The van der Waals surface area contributed by atoms with Gasteiger partial charge in [-0.3, -0.25) is 4.79 Å². The summed E-state index contributed by atoms with van der Waals surface area (Å²) in [6.45, 7) is 0. The van der Waals surface area contributed by atoms with Gasteiger partial charge in [-0.05, 0) is 29.8 Å². The second kappa shape index (κ2) is 9.11. The molecule has 14 heteroatoms. The number of hydrogen-bond donors (Lipinski definition) is 2. The number of nitrogens with one attached hydrogen (secondary N) is 1. The van der Waals surface area contributed by atoms with Gasteiger partial charge in [0.25, 0.3) is 0 Å². The van der Waals surface area contributed by atoms with Crippen LogP contribution in [0, 0.1) is 5.41 Å². The molecule has 2 rings (SSSR count). The van der Waals surface area contributed by atoms with Crippen LogP contribution in [-0.4, -0.2) is 34.9 Å². The number of carbonyl (C=O) groups excluding carboxylic acids is 1. The average Bonchev–Trinajstić information content (AvgIpc) is 2.64. The van der Waals surface area contributed by atoms with Gasteiger partial charge in [-0.2, -0.15) is 26.3 Å². The predicted octanol–water partition coefficient (Wildman–Crippen LogP) is 7.28. The van der Waals surface area contributed by atoms with Crippen LogP contribution in [0.1, 0.15) is 38.3 Å². The molecule has 0 aliphatic carbocycles. The van der Waals surface area contributed by atoms with Crippen molar-refractivity contribution >= 4 is 52.3 Å². The lowest BCUT2D eigenvalue weighted by molar-refractivity contribution is -0.348. The topological polar surface area (TPSA) is 78.2 Å². The molecular formula is C19H9Cl3F7NO3. The molecule has 0 heterocycles. The summed E-state index contributed by atoms with van der Waals surface area (Å²) in [5.74, 6) is -2.52. The van der Waals surface area contributed by atoms with Crippen LogP contribution in [0.2, 0.25) is 15.1 Å². The van der Waals surface area contributed by atoms with Crippen LogP contribution < -0.4 is 0 Å². The number of alkyl halides is 7. The first-order chi connectivity index (χ1) is 14.9. The van der Waals surface area contributed by atoms with Crippen LogP contribution in [0.4, 0.5) is 30.7 Å². The van der Waals surface area contributed by atoms with E-state index in [-0.39, 0.29) is 28.3 Å². The number of Topliss-reactive ketones (excluding diaryl/α,β-unsaturated/α-hetero) is 1. The smallest absolute Gasteiger partial charge is 0.435 e. The van der Waals surface area contributed by atoms with Crippen molar-refractivity contribution in [3.05, 3.63) is 67.7 Å². The normalized spacial score (nSPS) is 12.5. The number of benzene rings is 2. The Bertz CT molecular complexity index is 1110. The molecule has 0 atom stereocenters. The molecule has 2 N–H and O–H groups in total. The molecule has 0 unspecified atom stereocenters. The van der Waals surface area contributed by atoms with E-state index in [0.717, 1.165) is 12.1 Å². The number of carboxylic acid groups (broad SMARTS) is 1. The first-order valence-corrected chi connectivity index (χ1v) is 9.51. The van der Waals surface area contributed by atoms with Gasteiger partial charge in [0.05, 0.1) is 32.6 Å². The Hall–Kier alpha value is -2.37. The molecule has 0 spiro atoms. The average molecular weight is 539 g/mol. The number of ketones is 1. The van der Waals surface area contributed by atoms with Crippen LogP contribution in [0.25, 0.3) is 0 Å². The van der Waals surface area contributed by atoms with Crippen molar-refractivity contribution in [3.63, 3.8) is 0 Å². The molecule has 33 heavy (non-hydrogen) atoms. The van der Waals surface area contributed by atoms with Crippen molar-refractivity contribution < 1.29 is 45.4 Å². The molecule has 4 nitrogen and oxygen atoms in total. The van der Waals surface area contributed by atoms with Crippen molar-refractivity contribution in [1.29, 1.82) is 5.41 Å². The van der Waals surface area contributed by atoms with E-state index in [9.17, 15) is 40.3 Å². The van der Waals surface area contributed by atoms with E-state index in [1.807, 2.05) is 0 Å². The Balaban J connectivity index is 2.45. The van der Waals surface area contributed by atoms with Crippen LogP contribution in [0.5, 0.6) is 0 Å². The summed E-state index contributed by atoms with van der Waals surface area (Å²) in [4.78, 5) is 23.7. The Kier molecular flexibility index (Phi) is 7.42. The van der Waals surface area contributed by atoms with Gasteiger partial charge in [0.1, 0.15) is 0 Å². The highest BCUT2D eigenvalue weighted by molar-refractivity contribution is 6.40. The third-order valence-corrected chi connectivity index (χ3v) is 5.31. The van der Waals surface area contributed by atoms with Crippen LogP contribution in [0.15, 0.2) is 30.3 Å². The molecule has 178 valence electrons. The van der Waals surface area contributed by atoms with Gasteiger partial charge in [-0.15, -0.1) is 0 Å². The highest BCUT2D eigenvalue weighted by Gasteiger charge is 2.73. The molecule has 2 aromatic rings. The van der Waals surface area contributed by atoms with Gasteiger partial charge in [0, 0.05) is 11.3 Å². The van der Waals surface area contributed by atoms with Gasteiger partial charge in [0.15, 0.2) is 5.78 Å². The maximum atomic E-state index is 14.3. The van der Waals surface area contributed by atoms with Gasteiger partial charge >= 0.3 is 24.0 Å². The molecule has 0 fully saturated rings. The number of carboxylic acids is 1. The minimum atomic E-state index is -6.41. The molecule has 2 aromatic carbocycles. The molecule has 0 aliphatic heterocycles. The molecule has 0 amide bonds. The highest BCUT2D eigenvalue weighted by Crippen LogP contribution is 2.54. The molecule has 0 saturated heterocycles. The number of carbonyl (C=O) groups is 2. The monoisotopic (exact) mass is 537 g/mol. The zero-order valence-corrected chi connectivity index (χ0v) is 17.9. The van der Waals surface area contributed by atoms with Crippen LogP contribution >= 0.6 is 34.8 Å². The molecule has 0 aromatic heterocycles. The van der Waals surface area contributed by atoms with Crippen molar-refractivity contribution in [1.82, 2.24) is 0 Å². The van der Waals surface area contributed by atoms with Crippen LogP contribution in [0.3, 0.4) is 0 Å². The summed E-state index contributed by atoms with van der Waals surface area (Å²) in [6, 6.07) is 3.30. The zero-order chi connectivity index (χ0) is 25.5. The number of aromatic carboxylic acids is 1. The van der Waals surface area contributed by atoms with Crippen molar-refractivity contribution in [2.24, 2.45) is 0 Å². The SMILES string of the molecule is N=C(CC(=O)c1c(Cl)cc(C(F)(C(F)(F)F)C(F)(F)F)cc1Cl)c1ccc(Cl)c(C(=O)O)c1. The molecule has 0 saturated carbocycles. The lowest BCUT2D eigenvalue weighted by Gasteiger charge is -2.30. The third-order valence-electron chi connectivity index (χ3n) is 4.38. The first kappa shape index (κ1) is 26.9. The fourth-order valence-corrected chi connectivity index (χ4v) is 3.65. The van der Waals surface area contributed by atoms with E-state index >= 15 is 0 Å². The molecular weight excluding hydrogens is 530 g/mol. The fraction of sp³-hybridized carbons (Fsp3) is 0.211. The summed E-state index contributed by atoms with van der Waals surface area (Å²) in [5.41, 5.74) is -9.46. The number of halogens is 10.